The smallest absolute Gasteiger partial charge is 0.237 e. The monoisotopic (exact) mass is 323 g/mol. The van der Waals surface area contributed by atoms with Crippen LogP contribution >= 0.6 is 11.8 Å². The number of hydrogen-bond acceptors (Lipinski definition) is 3. The van der Waals surface area contributed by atoms with Crippen molar-refractivity contribution in [2.24, 2.45) is 0 Å². The number of fused-ring (bicyclic) bond motifs is 2. The zero-order valence-electron chi connectivity index (χ0n) is 12.7. The van der Waals surface area contributed by atoms with Gasteiger partial charge in [0.05, 0.1) is 17.5 Å². The van der Waals surface area contributed by atoms with Gasteiger partial charge >= 0.3 is 0 Å². The molecule has 0 bridgehead atoms. The first-order valence-corrected chi connectivity index (χ1v) is 8.74. The highest BCUT2D eigenvalue weighted by Crippen LogP contribution is 2.28. The highest BCUT2D eigenvalue weighted by atomic mass is 32.2. The lowest BCUT2D eigenvalue weighted by molar-refractivity contribution is -0.116. The average Bonchev–Trinajstić information content (AvgIpc) is 3.02. The number of imidazole rings is 1. The minimum atomic E-state index is 0.148. The van der Waals surface area contributed by atoms with Gasteiger partial charge < -0.3 is 4.90 Å². The van der Waals surface area contributed by atoms with Gasteiger partial charge in [0.25, 0.3) is 0 Å². The molecule has 3 heterocycles. The minimum Gasteiger partial charge on any atom is -0.311 e. The van der Waals surface area contributed by atoms with E-state index in [1.807, 2.05) is 58.1 Å². The second kappa shape index (κ2) is 6.08. The third-order valence-electron chi connectivity index (χ3n) is 4.14. The molecule has 0 fully saturated rings. The predicted molar refractivity (Wildman–Crippen MR) is 93.0 cm³/mol. The van der Waals surface area contributed by atoms with Crippen LogP contribution in [0.1, 0.15) is 12.0 Å². The summed E-state index contributed by atoms with van der Waals surface area (Å²) in [6.45, 7) is 0.804. The van der Waals surface area contributed by atoms with E-state index in [9.17, 15) is 4.79 Å². The molecule has 1 aliphatic heterocycles. The fraction of sp³-hybridized carbons (Fsp3) is 0.222. The summed E-state index contributed by atoms with van der Waals surface area (Å²) in [5.74, 6) is 0.553. The van der Waals surface area contributed by atoms with Gasteiger partial charge in [0.1, 0.15) is 0 Å². The number of amides is 1. The van der Waals surface area contributed by atoms with E-state index in [0.717, 1.165) is 35.7 Å². The Bertz CT molecular complexity index is 858. The molecule has 0 unspecified atom stereocenters. The number of nitrogens with zero attached hydrogens (tertiary/aromatic N) is 3. The topological polar surface area (TPSA) is 37.6 Å². The standard InChI is InChI=1S/C18H17N3OS/c22-17(21-11-5-7-14-6-1-2-9-16(14)21)13-23-18-19-12-15-8-3-4-10-20(15)18/h1-4,6,8-10,12H,5,7,11,13H2. The first kappa shape index (κ1) is 14.3. The van der Waals surface area contributed by atoms with Crippen LogP contribution in [-0.4, -0.2) is 27.6 Å². The summed E-state index contributed by atoms with van der Waals surface area (Å²) in [6, 6.07) is 14.2. The van der Waals surface area contributed by atoms with Crippen molar-refractivity contribution in [1.82, 2.24) is 9.38 Å². The molecule has 0 spiro atoms. The molecule has 4 rings (SSSR count). The van der Waals surface area contributed by atoms with Gasteiger partial charge in [-0.25, -0.2) is 4.98 Å². The summed E-state index contributed by atoms with van der Waals surface area (Å²) in [5, 5.41) is 0.860. The number of hydrogen-bond donors (Lipinski definition) is 0. The van der Waals surface area contributed by atoms with Crippen LogP contribution in [0, 0.1) is 0 Å². The second-order valence-corrected chi connectivity index (χ2v) is 6.55. The number of carbonyl (C=O) groups excluding carboxylic acids is 1. The van der Waals surface area contributed by atoms with E-state index in [1.54, 1.807) is 0 Å². The average molecular weight is 323 g/mol. The number of aryl methyl sites for hydroxylation is 1. The molecule has 23 heavy (non-hydrogen) atoms. The molecule has 1 aliphatic rings. The summed E-state index contributed by atoms with van der Waals surface area (Å²) in [7, 11) is 0. The lowest BCUT2D eigenvalue weighted by Gasteiger charge is -2.29. The number of carbonyl (C=O) groups is 1. The van der Waals surface area contributed by atoms with E-state index in [1.165, 1.54) is 17.3 Å². The molecule has 0 atom stereocenters. The number of aromatic nitrogens is 2. The Balaban J connectivity index is 1.51. The van der Waals surface area contributed by atoms with Crippen LogP contribution in [0.4, 0.5) is 5.69 Å². The summed E-state index contributed by atoms with van der Waals surface area (Å²) in [6.07, 6.45) is 5.89. The molecule has 2 aromatic heterocycles. The highest BCUT2D eigenvalue weighted by molar-refractivity contribution is 7.99. The molecule has 3 aromatic rings. The number of para-hydroxylation sites is 1. The predicted octanol–water partition coefficient (Wildman–Crippen LogP) is 3.41. The molecule has 4 nitrogen and oxygen atoms in total. The first-order chi connectivity index (χ1) is 11.3. The van der Waals surface area contributed by atoms with Gasteiger partial charge in [-0.2, -0.15) is 0 Å². The van der Waals surface area contributed by atoms with Gasteiger partial charge in [-0.3, -0.25) is 9.20 Å². The maximum Gasteiger partial charge on any atom is 0.237 e. The zero-order valence-corrected chi connectivity index (χ0v) is 13.5. The van der Waals surface area contributed by atoms with Crippen LogP contribution in [0.5, 0.6) is 0 Å². The van der Waals surface area contributed by atoms with E-state index in [4.69, 9.17) is 0 Å². The van der Waals surface area contributed by atoms with Crippen LogP contribution in [0.25, 0.3) is 5.52 Å². The number of pyridine rings is 1. The Hall–Kier alpha value is -2.27. The van der Waals surface area contributed by atoms with Crippen LogP contribution in [0.3, 0.4) is 0 Å². The number of thioether (sulfide) groups is 1. The molecule has 1 amide bonds. The summed E-state index contributed by atoms with van der Waals surface area (Å²) in [5.41, 5.74) is 3.38. The van der Waals surface area contributed by atoms with Crippen molar-refractivity contribution in [2.75, 3.05) is 17.2 Å². The van der Waals surface area contributed by atoms with E-state index in [-0.39, 0.29) is 5.91 Å². The van der Waals surface area contributed by atoms with Gasteiger partial charge in [-0.05, 0) is 36.6 Å². The molecule has 5 heteroatoms. The molecular formula is C18H17N3OS. The van der Waals surface area contributed by atoms with Gasteiger partial charge in [-0.1, -0.05) is 36.0 Å². The molecule has 116 valence electrons. The Labute approximate surface area is 139 Å². The SMILES string of the molecule is O=C(CSc1ncc2ccccn12)N1CCCc2ccccc21. The second-order valence-electron chi connectivity index (χ2n) is 5.60. The Morgan fingerprint density at radius 1 is 1.17 bits per heavy atom. The summed E-state index contributed by atoms with van der Waals surface area (Å²) >= 11 is 1.49. The van der Waals surface area contributed by atoms with Crippen molar-refractivity contribution in [3.63, 3.8) is 0 Å². The van der Waals surface area contributed by atoms with Crippen molar-refractivity contribution in [3.05, 3.63) is 60.4 Å². The summed E-state index contributed by atoms with van der Waals surface area (Å²) < 4.78 is 2.02. The summed E-state index contributed by atoms with van der Waals surface area (Å²) in [4.78, 5) is 19.0. The van der Waals surface area contributed by atoms with Crippen molar-refractivity contribution in [3.8, 4) is 0 Å². The maximum absolute atomic E-state index is 12.7. The molecule has 0 saturated heterocycles. The fourth-order valence-corrected chi connectivity index (χ4v) is 3.86. The van der Waals surface area contributed by atoms with Gasteiger partial charge in [0, 0.05) is 18.4 Å². The third kappa shape index (κ3) is 2.72. The quantitative estimate of drug-likeness (QED) is 0.693. The van der Waals surface area contributed by atoms with Gasteiger partial charge in [0.2, 0.25) is 5.91 Å². The third-order valence-corrected chi connectivity index (χ3v) is 5.09. The van der Waals surface area contributed by atoms with E-state index < -0.39 is 0 Å². The normalized spacial score (nSPS) is 14.0. The molecule has 0 saturated carbocycles. The van der Waals surface area contributed by atoms with Crippen molar-refractivity contribution in [2.45, 2.75) is 18.0 Å². The lowest BCUT2D eigenvalue weighted by atomic mass is 10.0. The minimum absolute atomic E-state index is 0.148. The lowest BCUT2D eigenvalue weighted by Crippen LogP contribution is -2.36. The molecular weight excluding hydrogens is 306 g/mol. The molecule has 1 aromatic carbocycles. The van der Waals surface area contributed by atoms with E-state index >= 15 is 0 Å². The van der Waals surface area contributed by atoms with E-state index in [2.05, 4.69) is 11.1 Å². The van der Waals surface area contributed by atoms with E-state index in [0.29, 0.717) is 5.75 Å². The first-order valence-electron chi connectivity index (χ1n) is 7.76. The Kier molecular flexibility index (Phi) is 3.79. The highest BCUT2D eigenvalue weighted by Gasteiger charge is 2.22. The fourth-order valence-electron chi connectivity index (χ4n) is 3.02. The van der Waals surface area contributed by atoms with Crippen LogP contribution in [-0.2, 0) is 11.2 Å². The number of rotatable bonds is 3. The Morgan fingerprint density at radius 2 is 2.04 bits per heavy atom. The van der Waals surface area contributed by atoms with Crippen LogP contribution in [0.2, 0.25) is 0 Å². The van der Waals surface area contributed by atoms with Crippen LogP contribution in [0.15, 0.2) is 60.0 Å². The van der Waals surface area contributed by atoms with Crippen molar-refractivity contribution < 1.29 is 4.79 Å². The Morgan fingerprint density at radius 3 is 3.00 bits per heavy atom. The number of benzene rings is 1. The maximum atomic E-state index is 12.7. The van der Waals surface area contributed by atoms with Crippen molar-refractivity contribution >= 4 is 28.9 Å². The van der Waals surface area contributed by atoms with Gasteiger partial charge in [0.15, 0.2) is 5.16 Å². The largest absolute Gasteiger partial charge is 0.311 e. The van der Waals surface area contributed by atoms with Crippen molar-refractivity contribution in [1.29, 1.82) is 0 Å². The molecule has 0 radical (unpaired) electrons. The molecule has 0 N–H and O–H groups in total. The van der Waals surface area contributed by atoms with Gasteiger partial charge in [-0.15, -0.1) is 0 Å². The number of anilines is 1. The zero-order chi connectivity index (χ0) is 15.6. The van der Waals surface area contributed by atoms with Crippen LogP contribution < -0.4 is 4.90 Å². The molecule has 0 aliphatic carbocycles.